The first-order valence-corrected chi connectivity index (χ1v) is 14.3. The lowest BCUT2D eigenvalue weighted by atomic mass is 10.0. The lowest BCUT2D eigenvalue weighted by molar-refractivity contribution is -0.126. The Labute approximate surface area is 212 Å². The summed E-state index contributed by atoms with van der Waals surface area (Å²) in [6.45, 7) is 13.8. The Morgan fingerprint density at radius 2 is 1.06 bits per heavy atom. The SMILES string of the molecule is C=C(C)C(=O)NCCCCCCCCCCCCCCCCCC/C=C(\C)C(=O)N(CC)CC. The topological polar surface area (TPSA) is 49.4 Å². The van der Waals surface area contributed by atoms with E-state index in [2.05, 4.69) is 18.0 Å². The van der Waals surface area contributed by atoms with Crippen LogP contribution in [0.5, 0.6) is 0 Å². The zero-order chi connectivity index (χ0) is 25.4. The van der Waals surface area contributed by atoms with Crippen LogP contribution in [0.4, 0.5) is 0 Å². The van der Waals surface area contributed by atoms with Crippen LogP contribution >= 0.6 is 0 Å². The van der Waals surface area contributed by atoms with E-state index in [9.17, 15) is 9.59 Å². The zero-order valence-corrected chi connectivity index (χ0v) is 23.2. The minimum absolute atomic E-state index is 0.0142. The summed E-state index contributed by atoms with van der Waals surface area (Å²) in [5, 5.41) is 2.90. The van der Waals surface area contributed by atoms with Gasteiger partial charge in [-0.2, -0.15) is 0 Å². The summed E-state index contributed by atoms with van der Waals surface area (Å²) < 4.78 is 0. The van der Waals surface area contributed by atoms with Gasteiger partial charge in [0.05, 0.1) is 0 Å². The molecule has 0 saturated heterocycles. The van der Waals surface area contributed by atoms with E-state index in [0.717, 1.165) is 38.0 Å². The number of carbonyl (C=O) groups excluding carboxylic acids is 2. The van der Waals surface area contributed by atoms with E-state index in [1.165, 1.54) is 96.3 Å². The van der Waals surface area contributed by atoms with Crippen molar-refractivity contribution in [3.63, 3.8) is 0 Å². The molecule has 0 aromatic heterocycles. The first kappa shape index (κ1) is 32.4. The van der Waals surface area contributed by atoms with Crippen LogP contribution in [0.1, 0.15) is 137 Å². The Morgan fingerprint density at radius 3 is 1.44 bits per heavy atom. The van der Waals surface area contributed by atoms with Gasteiger partial charge < -0.3 is 10.2 Å². The van der Waals surface area contributed by atoms with Gasteiger partial charge in [0, 0.05) is 30.8 Å². The second-order valence-electron chi connectivity index (χ2n) is 9.85. The molecule has 1 N–H and O–H groups in total. The third-order valence-corrected chi connectivity index (χ3v) is 6.64. The number of unbranched alkanes of at least 4 members (excludes halogenated alkanes) is 16. The quantitative estimate of drug-likeness (QED) is 0.119. The molecule has 0 aliphatic rings. The van der Waals surface area contributed by atoms with Gasteiger partial charge in [0.15, 0.2) is 0 Å². The Kier molecular flexibility index (Phi) is 22.1. The van der Waals surface area contributed by atoms with E-state index in [-0.39, 0.29) is 11.8 Å². The zero-order valence-electron chi connectivity index (χ0n) is 23.2. The van der Waals surface area contributed by atoms with Gasteiger partial charge in [0.25, 0.3) is 0 Å². The third-order valence-electron chi connectivity index (χ3n) is 6.64. The highest BCUT2D eigenvalue weighted by molar-refractivity contribution is 5.92. The van der Waals surface area contributed by atoms with Crippen molar-refractivity contribution < 1.29 is 9.59 Å². The second-order valence-corrected chi connectivity index (χ2v) is 9.85. The largest absolute Gasteiger partial charge is 0.352 e. The maximum absolute atomic E-state index is 12.2. The van der Waals surface area contributed by atoms with Crippen LogP contribution in [0.25, 0.3) is 0 Å². The molecule has 198 valence electrons. The monoisotopic (exact) mass is 476 g/mol. The Hall–Kier alpha value is -1.58. The highest BCUT2D eigenvalue weighted by Gasteiger charge is 2.10. The van der Waals surface area contributed by atoms with Crippen molar-refractivity contribution in [2.45, 2.75) is 137 Å². The number of rotatable bonds is 23. The number of nitrogens with one attached hydrogen (secondary N) is 1. The normalized spacial score (nSPS) is 11.5. The Morgan fingerprint density at radius 1 is 0.676 bits per heavy atom. The van der Waals surface area contributed by atoms with E-state index in [0.29, 0.717) is 5.57 Å². The van der Waals surface area contributed by atoms with Gasteiger partial charge in [-0.05, 0) is 47.0 Å². The van der Waals surface area contributed by atoms with Crippen molar-refractivity contribution >= 4 is 11.8 Å². The van der Waals surface area contributed by atoms with E-state index < -0.39 is 0 Å². The molecule has 0 aliphatic carbocycles. The molecule has 0 unspecified atom stereocenters. The molecule has 0 atom stereocenters. The number of likely N-dealkylation sites (N-methyl/N-ethyl adjacent to an activating group) is 1. The molecule has 0 spiro atoms. The summed E-state index contributed by atoms with van der Waals surface area (Å²) in [6, 6.07) is 0. The molecular formula is C30H56N2O2. The molecule has 0 fully saturated rings. The fraction of sp³-hybridized carbons (Fsp3) is 0.800. The van der Waals surface area contributed by atoms with Gasteiger partial charge in [-0.1, -0.05) is 103 Å². The van der Waals surface area contributed by atoms with Crippen molar-refractivity contribution in [1.82, 2.24) is 10.2 Å². The standard InChI is InChI=1S/C30H56N2O2/c1-6-32(7-2)30(34)28(5)25-23-21-19-17-15-13-11-9-8-10-12-14-16-18-20-22-24-26-31-29(33)27(3)4/h25H,3,6-24,26H2,1-2,4-5H3,(H,31,33)/b28-25+. The molecule has 4 nitrogen and oxygen atoms in total. The summed E-state index contributed by atoms with van der Waals surface area (Å²) in [7, 11) is 0. The van der Waals surface area contributed by atoms with Crippen molar-refractivity contribution in [3.05, 3.63) is 23.8 Å². The molecule has 2 amide bonds. The number of hydrogen-bond acceptors (Lipinski definition) is 2. The van der Waals surface area contributed by atoms with Crippen molar-refractivity contribution in [3.8, 4) is 0 Å². The van der Waals surface area contributed by atoms with Gasteiger partial charge in [0.2, 0.25) is 11.8 Å². The van der Waals surface area contributed by atoms with Gasteiger partial charge in [-0.3, -0.25) is 9.59 Å². The van der Waals surface area contributed by atoms with Crippen LogP contribution in [0.3, 0.4) is 0 Å². The molecule has 0 aromatic rings. The van der Waals surface area contributed by atoms with Crippen LogP contribution in [0.2, 0.25) is 0 Å². The highest BCUT2D eigenvalue weighted by Crippen LogP contribution is 2.14. The number of nitrogens with zero attached hydrogens (tertiary/aromatic N) is 1. The summed E-state index contributed by atoms with van der Waals surface area (Å²) in [4.78, 5) is 25.5. The minimum atomic E-state index is -0.0142. The molecule has 34 heavy (non-hydrogen) atoms. The Bertz CT molecular complexity index is 564. The second kappa shape index (κ2) is 23.2. The van der Waals surface area contributed by atoms with E-state index in [1.807, 2.05) is 25.7 Å². The average Bonchev–Trinajstić information content (AvgIpc) is 2.82. The van der Waals surface area contributed by atoms with Crippen molar-refractivity contribution in [2.75, 3.05) is 19.6 Å². The van der Waals surface area contributed by atoms with Gasteiger partial charge >= 0.3 is 0 Å². The smallest absolute Gasteiger partial charge is 0.249 e. The molecule has 0 heterocycles. The number of amides is 2. The molecule has 4 heteroatoms. The van der Waals surface area contributed by atoms with Crippen molar-refractivity contribution in [1.29, 1.82) is 0 Å². The van der Waals surface area contributed by atoms with E-state index in [4.69, 9.17) is 0 Å². The molecule has 0 bridgehead atoms. The highest BCUT2D eigenvalue weighted by atomic mass is 16.2. The average molecular weight is 477 g/mol. The lowest BCUT2D eigenvalue weighted by Gasteiger charge is -2.18. The molecule has 0 saturated carbocycles. The first-order chi connectivity index (χ1) is 16.4. The predicted molar refractivity (Wildman–Crippen MR) is 148 cm³/mol. The number of carbonyl (C=O) groups is 2. The van der Waals surface area contributed by atoms with Gasteiger partial charge in [-0.15, -0.1) is 0 Å². The fourth-order valence-corrected chi connectivity index (χ4v) is 4.26. The van der Waals surface area contributed by atoms with Crippen LogP contribution in [0.15, 0.2) is 23.8 Å². The molecule has 0 aliphatic heterocycles. The van der Waals surface area contributed by atoms with E-state index in [1.54, 1.807) is 6.92 Å². The minimum Gasteiger partial charge on any atom is -0.352 e. The van der Waals surface area contributed by atoms with Gasteiger partial charge in [0.1, 0.15) is 0 Å². The lowest BCUT2D eigenvalue weighted by Crippen LogP contribution is -2.30. The summed E-state index contributed by atoms with van der Waals surface area (Å²) in [5.41, 5.74) is 1.50. The van der Waals surface area contributed by atoms with Crippen LogP contribution in [-0.2, 0) is 9.59 Å². The third kappa shape index (κ3) is 18.8. The molecular weight excluding hydrogens is 420 g/mol. The molecule has 0 aromatic carbocycles. The summed E-state index contributed by atoms with van der Waals surface area (Å²) in [5.74, 6) is 0.183. The Balaban J connectivity index is 3.33. The van der Waals surface area contributed by atoms with Crippen LogP contribution in [-0.4, -0.2) is 36.3 Å². The predicted octanol–water partition coefficient (Wildman–Crippen LogP) is 8.13. The van der Waals surface area contributed by atoms with Crippen LogP contribution < -0.4 is 5.32 Å². The van der Waals surface area contributed by atoms with Gasteiger partial charge in [-0.25, -0.2) is 0 Å². The fourth-order valence-electron chi connectivity index (χ4n) is 4.26. The molecule has 0 radical (unpaired) electrons. The summed E-state index contributed by atoms with van der Waals surface area (Å²) in [6.07, 6.45) is 24.3. The number of hydrogen-bond donors (Lipinski definition) is 1. The maximum Gasteiger partial charge on any atom is 0.249 e. The molecule has 0 rings (SSSR count). The first-order valence-electron chi connectivity index (χ1n) is 14.3. The van der Waals surface area contributed by atoms with E-state index >= 15 is 0 Å². The maximum atomic E-state index is 12.2. The number of allylic oxidation sites excluding steroid dienone is 1. The van der Waals surface area contributed by atoms with Crippen LogP contribution in [0, 0.1) is 0 Å². The summed E-state index contributed by atoms with van der Waals surface area (Å²) >= 11 is 0. The van der Waals surface area contributed by atoms with Crippen molar-refractivity contribution in [2.24, 2.45) is 0 Å².